The van der Waals surface area contributed by atoms with Crippen LogP contribution in [0, 0.1) is 10.1 Å². The molecule has 0 heterocycles. The van der Waals surface area contributed by atoms with E-state index in [4.69, 9.17) is 0 Å². The molecule has 2 aromatic carbocycles. The van der Waals surface area contributed by atoms with Crippen LogP contribution in [0.5, 0.6) is 0 Å². The molecular weight excluding hydrogens is 246 g/mol. The molecule has 0 radical (unpaired) electrons. The van der Waals surface area contributed by atoms with E-state index >= 15 is 0 Å². The first kappa shape index (κ1) is 9.15. The van der Waals surface area contributed by atoms with Crippen molar-refractivity contribution in [1.82, 2.24) is 0 Å². The predicted octanol–water partition coefficient (Wildman–Crippen LogP) is 3.51. The van der Waals surface area contributed by atoms with E-state index in [1.807, 2.05) is 18.2 Å². The minimum absolute atomic E-state index is 0.134. The summed E-state index contributed by atoms with van der Waals surface area (Å²) in [5, 5.41) is 12.3. The standard InChI is InChI=1S/C10H6BrNO2/c11-8-5-1-3-7-4-2-6-9(10(7)8)12(13)14/h1-6H. The molecule has 0 aliphatic heterocycles. The molecule has 0 N–H and O–H groups in total. The Hall–Kier alpha value is -1.42. The number of halogens is 1. The normalized spacial score (nSPS) is 10.4. The molecule has 2 rings (SSSR count). The Morgan fingerprint density at radius 1 is 1.14 bits per heavy atom. The Balaban J connectivity index is 2.91. The van der Waals surface area contributed by atoms with Crippen molar-refractivity contribution in [3.05, 3.63) is 51.0 Å². The summed E-state index contributed by atoms with van der Waals surface area (Å²) in [6, 6.07) is 10.6. The number of hydrogen-bond donors (Lipinski definition) is 0. The summed E-state index contributed by atoms with van der Waals surface area (Å²) in [7, 11) is 0. The Bertz CT molecular complexity index is 505. The lowest BCUT2D eigenvalue weighted by Gasteiger charge is -2.00. The zero-order valence-corrected chi connectivity index (χ0v) is 8.69. The molecule has 0 atom stereocenters. The molecule has 0 fully saturated rings. The highest BCUT2D eigenvalue weighted by Crippen LogP contribution is 2.31. The molecule has 0 unspecified atom stereocenters. The van der Waals surface area contributed by atoms with Crippen molar-refractivity contribution >= 4 is 32.4 Å². The Labute approximate surface area is 88.6 Å². The number of nitro benzene ring substituents is 1. The lowest BCUT2D eigenvalue weighted by molar-refractivity contribution is -0.383. The summed E-state index contributed by atoms with van der Waals surface area (Å²) < 4.78 is 0.752. The molecule has 2 aromatic rings. The fourth-order valence-electron chi connectivity index (χ4n) is 1.43. The summed E-state index contributed by atoms with van der Waals surface area (Å²) in [6.07, 6.45) is 0. The van der Waals surface area contributed by atoms with Crippen molar-refractivity contribution in [2.24, 2.45) is 0 Å². The Morgan fingerprint density at radius 3 is 2.43 bits per heavy atom. The summed E-state index contributed by atoms with van der Waals surface area (Å²) in [6.45, 7) is 0. The minimum Gasteiger partial charge on any atom is -0.258 e. The third-order valence-electron chi connectivity index (χ3n) is 2.03. The van der Waals surface area contributed by atoms with Gasteiger partial charge in [-0.3, -0.25) is 10.1 Å². The van der Waals surface area contributed by atoms with Gasteiger partial charge in [0.25, 0.3) is 5.69 Å². The van der Waals surface area contributed by atoms with Crippen molar-refractivity contribution in [1.29, 1.82) is 0 Å². The molecule has 0 bridgehead atoms. The summed E-state index contributed by atoms with van der Waals surface area (Å²) >= 11 is 3.31. The molecule has 0 aromatic heterocycles. The first-order valence-corrected chi connectivity index (χ1v) is 4.81. The maximum absolute atomic E-state index is 10.8. The van der Waals surface area contributed by atoms with E-state index < -0.39 is 0 Å². The largest absolute Gasteiger partial charge is 0.278 e. The van der Waals surface area contributed by atoms with Gasteiger partial charge in [-0.05, 0) is 27.4 Å². The third-order valence-corrected chi connectivity index (χ3v) is 2.69. The smallest absolute Gasteiger partial charge is 0.258 e. The SMILES string of the molecule is O=[N+]([O-])c1cccc2cccc(Br)c12. The monoisotopic (exact) mass is 251 g/mol. The second-order valence-corrected chi connectivity index (χ2v) is 3.73. The Kier molecular flexibility index (Phi) is 2.21. The third kappa shape index (κ3) is 1.37. The van der Waals surface area contributed by atoms with Crippen molar-refractivity contribution in [3.8, 4) is 0 Å². The van der Waals surface area contributed by atoms with Crippen LogP contribution in [0.1, 0.15) is 0 Å². The van der Waals surface area contributed by atoms with E-state index in [0.29, 0.717) is 5.39 Å². The van der Waals surface area contributed by atoms with Crippen LogP contribution < -0.4 is 0 Å². The van der Waals surface area contributed by atoms with Gasteiger partial charge in [0.2, 0.25) is 0 Å². The van der Waals surface area contributed by atoms with Crippen LogP contribution in [0.2, 0.25) is 0 Å². The molecule has 0 amide bonds. The minimum atomic E-state index is -0.368. The van der Waals surface area contributed by atoms with E-state index in [2.05, 4.69) is 15.9 Å². The molecule has 0 saturated carbocycles. The van der Waals surface area contributed by atoms with Gasteiger partial charge in [-0.25, -0.2) is 0 Å². The van der Waals surface area contributed by atoms with E-state index in [1.54, 1.807) is 12.1 Å². The second kappa shape index (κ2) is 3.38. The van der Waals surface area contributed by atoms with Crippen molar-refractivity contribution in [2.75, 3.05) is 0 Å². The van der Waals surface area contributed by atoms with Gasteiger partial charge in [-0.2, -0.15) is 0 Å². The van der Waals surface area contributed by atoms with Crippen LogP contribution in [-0.2, 0) is 0 Å². The number of non-ortho nitro benzene ring substituents is 1. The highest BCUT2D eigenvalue weighted by molar-refractivity contribution is 9.10. The number of fused-ring (bicyclic) bond motifs is 1. The Morgan fingerprint density at radius 2 is 1.79 bits per heavy atom. The quantitative estimate of drug-likeness (QED) is 0.575. The van der Waals surface area contributed by atoms with Gasteiger partial charge in [0.15, 0.2) is 0 Å². The fourth-order valence-corrected chi connectivity index (χ4v) is 2.01. The second-order valence-electron chi connectivity index (χ2n) is 2.87. The van der Waals surface area contributed by atoms with Gasteiger partial charge in [0, 0.05) is 10.5 Å². The zero-order valence-electron chi connectivity index (χ0n) is 7.11. The van der Waals surface area contributed by atoms with Gasteiger partial charge in [0.1, 0.15) is 0 Å². The number of rotatable bonds is 1. The highest BCUT2D eigenvalue weighted by atomic mass is 79.9. The lowest BCUT2D eigenvalue weighted by Crippen LogP contribution is -1.89. The summed E-state index contributed by atoms with van der Waals surface area (Å²) in [5.74, 6) is 0. The average Bonchev–Trinajstić information content (AvgIpc) is 2.17. The zero-order chi connectivity index (χ0) is 10.1. The van der Waals surface area contributed by atoms with E-state index in [9.17, 15) is 10.1 Å². The van der Waals surface area contributed by atoms with E-state index in [1.165, 1.54) is 6.07 Å². The number of benzene rings is 2. The van der Waals surface area contributed by atoms with Gasteiger partial charge in [-0.15, -0.1) is 0 Å². The van der Waals surface area contributed by atoms with Gasteiger partial charge >= 0.3 is 0 Å². The fraction of sp³-hybridized carbons (Fsp3) is 0. The number of nitro groups is 1. The molecular formula is C10H6BrNO2. The van der Waals surface area contributed by atoms with Crippen LogP contribution in [0.4, 0.5) is 5.69 Å². The molecule has 4 heteroatoms. The van der Waals surface area contributed by atoms with Gasteiger partial charge < -0.3 is 0 Å². The topological polar surface area (TPSA) is 43.1 Å². The van der Waals surface area contributed by atoms with Gasteiger partial charge in [0.05, 0.1) is 10.3 Å². The lowest BCUT2D eigenvalue weighted by atomic mass is 10.1. The maximum Gasteiger partial charge on any atom is 0.278 e. The molecule has 0 saturated heterocycles. The van der Waals surface area contributed by atoms with Crippen LogP contribution in [0.25, 0.3) is 10.8 Å². The molecule has 0 aliphatic carbocycles. The summed E-state index contributed by atoms with van der Waals surface area (Å²) in [4.78, 5) is 10.4. The van der Waals surface area contributed by atoms with E-state index in [-0.39, 0.29) is 10.6 Å². The van der Waals surface area contributed by atoms with Crippen LogP contribution in [0.15, 0.2) is 40.9 Å². The molecule has 14 heavy (non-hydrogen) atoms. The van der Waals surface area contributed by atoms with Gasteiger partial charge in [-0.1, -0.05) is 24.3 Å². The highest BCUT2D eigenvalue weighted by Gasteiger charge is 2.12. The molecule has 0 spiro atoms. The summed E-state index contributed by atoms with van der Waals surface area (Å²) in [5.41, 5.74) is 0.134. The first-order chi connectivity index (χ1) is 6.70. The average molecular weight is 252 g/mol. The predicted molar refractivity (Wildman–Crippen MR) is 58.3 cm³/mol. The molecule has 0 aliphatic rings. The molecule has 70 valence electrons. The van der Waals surface area contributed by atoms with Crippen LogP contribution >= 0.6 is 15.9 Å². The van der Waals surface area contributed by atoms with Crippen LogP contribution in [0.3, 0.4) is 0 Å². The number of nitrogens with zero attached hydrogens (tertiary/aromatic N) is 1. The van der Waals surface area contributed by atoms with Crippen LogP contribution in [-0.4, -0.2) is 4.92 Å². The van der Waals surface area contributed by atoms with E-state index in [0.717, 1.165) is 9.86 Å². The van der Waals surface area contributed by atoms with Crippen molar-refractivity contribution in [2.45, 2.75) is 0 Å². The number of hydrogen-bond acceptors (Lipinski definition) is 2. The molecule has 3 nitrogen and oxygen atoms in total. The van der Waals surface area contributed by atoms with Crippen molar-refractivity contribution < 1.29 is 4.92 Å². The maximum atomic E-state index is 10.8. The van der Waals surface area contributed by atoms with Crippen molar-refractivity contribution in [3.63, 3.8) is 0 Å². The first-order valence-electron chi connectivity index (χ1n) is 4.02.